The van der Waals surface area contributed by atoms with Crippen LogP contribution in [0.25, 0.3) is 0 Å². The summed E-state index contributed by atoms with van der Waals surface area (Å²) in [5.41, 5.74) is 0.295. The summed E-state index contributed by atoms with van der Waals surface area (Å²) in [4.78, 5) is 34.6. The van der Waals surface area contributed by atoms with Crippen LogP contribution in [-0.4, -0.2) is 39.4 Å². The van der Waals surface area contributed by atoms with Gasteiger partial charge in [0.05, 0.1) is 16.4 Å². The highest BCUT2D eigenvalue weighted by Crippen LogP contribution is 2.25. The van der Waals surface area contributed by atoms with Gasteiger partial charge in [0.2, 0.25) is 5.91 Å². The molecule has 1 atom stereocenters. The minimum absolute atomic E-state index is 0.0688. The fraction of sp³-hybridized carbons (Fsp3) is 0.385. The van der Waals surface area contributed by atoms with Crippen LogP contribution in [0.15, 0.2) is 18.2 Å². The van der Waals surface area contributed by atoms with E-state index in [1.807, 2.05) is 0 Å². The molecular formula is C13H13ClN2O5. The molecule has 21 heavy (non-hydrogen) atoms. The van der Waals surface area contributed by atoms with Gasteiger partial charge in [0.15, 0.2) is 0 Å². The van der Waals surface area contributed by atoms with Crippen LogP contribution in [-0.2, 0) is 16.0 Å². The summed E-state index contributed by atoms with van der Waals surface area (Å²) in [6.45, 7) is 0.403. The lowest BCUT2D eigenvalue weighted by atomic mass is 10.1. The van der Waals surface area contributed by atoms with Gasteiger partial charge in [-0.2, -0.15) is 0 Å². The van der Waals surface area contributed by atoms with Crippen LogP contribution in [0.3, 0.4) is 0 Å². The van der Waals surface area contributed by atoms with Crippen molar-refractivity contribution in [3.8, 4) is 0 Å². The number of halogens is 1. The fourth-order valence-corrected chi connectivity index (χ4v) is 2.62. The highest BCUT2D eigenvalue weighted by atomic mass is 35.5. The number of nitro benzene ring substituents is 1. The molecule has 1 N–H and O–H groups in total. The number of benzene rings is 1. The van der Waals surface area contributed by atoms with E-state index in [-0.39, 0.29) is 23.0 Å². The van der Waals surface area contributed by atoms with Gasteiger partial charge < -0.3 is 10.0 Å². The predicted molar refractivity (Wildman–Crippen MR) is 74.2 cm³/mol. The molecule has 0 aromatic heterocycles. The maximum absolute atomic E-state index is 12.2. The number of likely N-dealkylation sites (tertiary alicyclic amines) is 1. The molecule has 1 aromatic rings. The van der Waals surface area contributed by atoms with Crippen LogP contribution in [0.5, 0.6) is 0 Å². The normalized spacial score (nSPS) is 17.8. The highest BCUT2D eigenvalue weighted by Gasteiger charge is 2.33. The zero-order valence-electron chi connectivity index (χ0n) is 11.0. The molecule has 0 saturated carbocycles. The van der Waals surface area contributed by atoms with E-state index in [0.29, 0.717) is 24.9 Å². The third-order valence-electron chi connectivity index (χ3n) is 3.45. The van der Waals surface area contributed by atoms with E-state index in [1.165, 1.54) is 23.1 Å². The summed E-state index contributed by atoms with van der Waals surface area (Å²) in [7, 11) is 0. The molecular weight excluding hydrogens is 300 g/mol. The van der Waals surface area contributed by atoms with Crippen molar-refractivity contribution in [3.63, 3.8) is 0 Å². The first kappa shape index (κ1) is 15.2. The van der Waals surface area contributed by atoms with Crippen molar-refractivity contribution in [2.24, 2.45) is 0 Å². The number of carboxylic acids is 1. The monoisotopic (exact) mass is 312 g/mol. The first-order chi connectivity index (χ1) is 9.90. The van der Waals surface area contributed by atoms with E-state index < -0.39 is 16.9 Å². The molecule has 1 aromatic carbocycles. The first-order valence-electron chi connectivity index (χ1n) is 6.35. The SMILES string of the molecule is O=C(O)[C@H]1CCCN1C(=O)Cc1ccc([N+](=O)[O-])cc1Cl. The number of aliphatic carboxylic acids is 1. The zero-order chi connectivity index (χ0) is 15.6. The number of carboxylic acid groups (broad SMARTS) is 1. The van der Waals surface area contributed by atoms with Gasteiger partial charge in [-0.3, -0.25) is 14.9 Å². The molecule has 1 fully saturated rings. The number of nitrogens with zero attached hydrogens (tertiary/aromatic N) is 2. The highest BCUT2D eigenvalue weighted by molar-refractivity contribution is 6.31. The number of hydrogen-bond donors (Lipinski definition) is 1. The van der Waals surface area contributed by atoms with Crippen LogP contribution < -0.4 is 0 Å². The summed E-state index contributed by atoms with van der Waals surface area (Å²) in [5.74, 6) is -1.36. The van der Waals surface area contributed by atoms with Crippen LogP contribution in [0, 0.1) is 10.1 Å². The van der Waals surface area contributed by atoms with E-state index in [9.17, 15) is 19.7 Å². The number of amides is 1. The quantitative estimate of drug-likeness (QED) is 0.675. The lowest BCUT2D eigenvalue weighted by molar-refractivity contribution is -0.384. The molecule has 0 bridgehead atoms. The maximum atomic E-state index is 12.2. The van der Waals surface area contributed by atoms with Gasteiger partial charge in [0, 0.05) is 18.7 Å². The standard InChI is InChI=1S/C13H13ClN2O5/c14-10-7-9(16(20)21)4-3-8(10)6-12(17)15-5-1-2-11(15)13(18)19/h3-4,7,11H,1-2,5-6H2,(H,18,19)/t11-/m1/s1. The van der Waals surface area contributed by atoms with Gasteiger partial charge >= 0.3 is 5.97 Å². The lowest BCUT2D eigenvalue weighted by Crippen LogP contribution is -2.41. The summed E-state index contributed by atoms with van der Waals surface area (Å²) < 4.78 is 0. The average molecular weight is 313 g/mol. The molecule has 2 rings (SSSR count). The molecule has 1 aliphatic heterocycles. The lowest BCUT2D eigenvalue weighted by Gasteiger charge is -2.21. The Bertz CT molecular complexity index is 604. The number of carbonyl (C=O) groups excluding carboxylic acids is 1. The van der Waals surface area contributed by atoms with Gasteiger partial charge in [-0.05, 0) is 18.4 Å². The molecule has 8 heteroatoms. The number of non-ortho nitro benzene ring substituents is 1. The third-order valence-corrected chi connectivity index (χ3v) is 3.80. The molecule has 0 unspecified atom stereocenters. The van der Waals surface area contributed by atoms with Crippen LogP contribution in [0.1, 0.15) is 18.4 Å². The van der Waals surface area contributed by atoms with Crippen molar-refractivity contribution in [2.45, 2.75) is 25.3 Å². The van der Waals surface area contributed by atoms with Gasteiger partial charge in [-0.1, -0.05) is 17.7 Å². The van der Waals surface area contributed by atoms with Crippen molar-refractivity contribution >= 4 is 29.2 Å². The van der Waals surface area contributed by atoms with E-state index >= 15 is 0 Å². The second-order valence-corrected chi connectivity index (χ2v) is 5.20. The van der Waals surface area contributed by atoms with Crippen molar-refractivity contribution in [1.82, 2.24) is 4.90 Å². The Labute approximate surface area is 125 Å². The molecule has 0 aliphatic carbocycles. The van der Waals surface area contributed by atoms with Gasteiger partial charge in [0.1, 0.15) is 6.04 Å². The Morgan fingerprint density at radius 1 is 1.48 bits per heavy atom. The molecule has 7 nitrogen and oxygen atoms in total. The summed E-state index contributed by atoms with van der Waals surface area (Å²) in [5, 5.41) is 19.8. The number of rotatable bonds is 4. The van der Waals surface area contributed by atoms with E-state index in [2.05, 4.69) is 0 Å². The molecule has 112 valence electrons. The summed E-state index contributed by atoms with van der Waals surface area (Å²) in [6.07, 6.45) is 1.02. The number of nitro groups is 1. The molecule has 0 radical (unpaired) electrons. The van der Waals surface area contributed by atoms with Crippen LogP contribution in [0.4, 0.5) is 5.69 Å². The van der Waals surface area contributed by atoms with Gasteiger partial charge in [0.25, 0.3) is 5.69 Å². The topological polar surface area (TPSA) is 101 Å². The smallest absolute Gasteiger partial charge is 0.326 e. The zero-order valence-corrected chi connectivity index (χ0v) is 11.7. The largest absolute Gasteiger partial charge is 0.480 e. The van der Waals surface area contributed by atoms with Crippen LogP contribution in [0.2, 0.25) is 5.02 Å². The van der Waals surface area contributed by atoms with E-state index in [1.54, 1.807) is 0 Å². The Morgan fingerprint density at radius 2 is 2.19 bits per heavy atom. The molecule has 1 heterocycles. The average Bonchev–Trinajstić information content (AvgIpc) is 2.90. The first-order valence-corrected chi connectivity index (χ1v) is 6.73. The predicted octanol–water partition coefficient (Wildman–Crippen LogP) is 1.87. The van der Waals surface area contributed by atoms with E-state index in [0.717, 1.165) is 0 Å². The Balaban J connectivity index is 2.13. The second-order valence-electron chi connectivity index (χ2n) is 4.79. The van der Waals surface area contributed by atoms with E-state index in [4.69, 9.17) is 16.7 Å². The van der Waals surface area contributed by atoms with Gasteiger partial charge in [-0.25, -0.2) is 4.79 Å². The minimum atomic E-state index is -1.02. The van der Waals surface area contributed by atoms with Crippen molar-refractivity contribution in [1.29, 1.82) is 0 Å². The molecule has 1 aliphatic rings. The second kappa shape index (κ2) is 6.09. The molecule has 0 spiro atoms. The number of hydrogen-bond acceptors (Lipinski definition) is 4. The minimum Gasteiger partial charge on any atom is -0.480 e. The summed E-state index contributed by atoms with van der Waals surface area (Å²) in [6, 6.07) is 3.08. The van der Waals surface area contributed by atoms with Crippen molar-refractivity contribution in [3.05, 3.63) is 38.9 Å². The molecule has 1 amide bonds. The van der Waals surface area contributed by atoms with Gasteiger partial charge in [-0.15, -0.1) is 0 Å². The Morgan fingerprint density at radius 3 is 2.76 bits per heavy atom. The molecule has 1 saturated heterocycles. The summed E-state index contributed by atoms with van der Waals surface area (Å²) >= 11 is 5.93. The Kier molecular flexibility index (Phi) is 4.42. The van der Waals surface area contributed by atoms with Crippen LogP contribution >= 0.6 is 11.6 Å². The maximum Gasteiger partial charge on any atom is 0.326 e. The van der Waals surface area contributed by atoms with Crippen molar-refractivity contribution < 1.29 is 19.6 Å². The Hall–Kier alpha value is -2.15. The number of carbonyl (C=O) groups is 2. The van der Waals surface area contributed by atoms with Crippen molar-refractivity contribution in [2.75, 3.05) is 6.54 Å². The fourth-order valence-electron chi connectivity index (χ4n) is 2.38. The third kappa shape index (κ3) is 3.30.